The van der Waals surface area contributed by atoms with Crippen molar-refractivity contribution < 1.29 is 41.7 Å². The highest BCUT2D eigenvalue weighted by Crippen LogP contribution is 2.42. The molecule has 1 atom stereocenters. The van der Waals surface area contributed by atoms with E-state index < -0.39 is 35.3 Å². The summed E-state index contributed by atoms with van der Waals surface area (Å²) >= 11 is 0. The lowest BCUT2D eigenvalue weighted by Gasteiger charge is -2.39. The van der Waals surface area contributed by atoms with Gasteiger partial charge in [0.05, 0.1) is 12.2 Å². The van der Waals surface area contributed by atoms with Crippen molar-refractivity contribution in [1.82, 2.24) is 15.3 Å². The van der Waals surface area contributed by atoms with Crippen LogP contribution in [0.1, 0.15) is 38.5 Å². The van der Waals surface area contributed by atoms with E-state index in [1.54, 1.807) is 12.1 Å². The number of aromatic nitrogens is 2. The lowest BCUT2D eigenvalue weighted by atomic mass is 9.81. The molecule has 3 heterocycles. The topological polar surface area (TPSA) is 114 Å². The Labute approximate surface area is 183 Å². The van der Waals surface area contributed by atoms with E-state index in [-0.39, 0.29) is 35.5 Å². The highest BCUT2D eigenvalue weighted by molar-refractivity contribution is 5.98. The van der Waals surface area contributed by atoms with Gasteiger partial charge >= 0.3 is 12.3 Å². The number of carbonyl (C=O) groups is 2. The number of ether oxygens (including phenoxy) is 2. The van der Waals surface area contributed by atoms with Gasteiger partial charge < -0.3 is 24.9 Å². The number of aromatic amines is 1. The second-order valence-corrected chi connectivity index (χ2v) is 7.11. The number of aromatic carboxylic acids is 1. The third-order valence-corrected chi connectivity index (χ3v) is 5.06. The maximum Gasteiger partial charge on any atom is 0.573 e. The summed E-state index contributed by atoms with van der Waals surface area (Å²) in [7, 11) is 0. The Hall–Kier alpha value is -4.09. The number of carboxylic acids is 1. The Kier molecular flexibility index (Phi) is 5.44. The van der Waals surface area contributed by atoms with Gasteiger partial charge in [0.25, 0.3) is 5.91 Å². The number of hydrogen-bond acceptors (Lipinski definition) is 5. The summed E-state index contributed by atoms with van der Waals surface area (Å²) < 4.78 is 61.5. The number of fused-ring (bicyclic) bond motifs is 1. The van der Waals surface area contributed by atoms with E-state index in [9.17, 15) is 27.2 Å². The molecule has 3 aromatic rings. The maximum absolute atomic E-state index is 14.6. The molecule has 1 amide bonds. The molecular formula is C21H15F4N3O5. The Balaban J connectivity index is 1.79. The van der Waals surface area contributed by atoms with Crippen LogP contribution in [0.5, 0.6) is 11.5 Å². The van der Waals surface area contributed by atoms with Gasteiger partial charge in [0.2, 0.25) is 0 Å². The highest BCUT2D eigenvalue weighted by atomic mass is 19.4. The van der Waals surface area contributed by atoms with Crippen LogP contribution in [0, 0.1) is 5.82 Å². The average molecular weight is 465 g/mol. The van der Waals surface area contributed by atoms with Crippen molar-refractivity contribution in [1.29, 1.82) is 0 Å². The van der Waals surface area contributed by atoms with E-state index in [2.05, 4.69) is 20.0 Å². The van der Waals surface area contributed by atoms with Crippen LogP contribution in [0.2, 0.25) is 0 Å². The first-order valence-electron chi connectivity index (χ1n) is 9.47. The predicted octanol–water partition coefficient (Wildman–Crippen LogP) is 3.60. The number of carbonyl (C=O) groups excluding carboxylic acids is 1. The SMILES string of the molecule is O=C(NC1(c2ccc(OC(F)(F)F)c(F)c2)CCOc2cccnc21)c1c[nH]c(C(=O)O)c1. The minimum Gasteiger partial charge on any atom is -0.491 e. The first-order chi connectivity index (χ1) is 15.6. The number of hydrogen-bond donors (Lipinski definition) is 3. The third-order valence-electron chi connectivity index (χ3n) is 5.06. The van der Waals surface area contributed by atoms with Gasteiger partial charge in [-0.25, -0.2) is 9.18 Å². The van der Waals surface area contributed by atoms with Crippen molar-refractivity contribution in [2.45, 2.75) is 18.3 Å². The fourth-order valence-corrected chi connectivity index (χ4v) is 3.62. The molecule has 1 aliphatic rings. The van der Waals surface area contributed by atoms with Crippen LogP contribution in [0.25, 0.3) is 0 Å². The van der Waals surface area contributed by atoms with Crippen molar-refractivity contribution in [2.75, 3.05) is 6.61 Å². The zero-order chi connectivity index (χ0) is 23.8. The van der Waals surface area contributed by atoms with Crippen LogP contribution < -0.4 is 14.8 Å². The second-order valence-electron chi connectivity index (χ2n) is 7.11. The number of H-pyrrole nitrogens is 1. The summed E-state index contributed by atoms with van der Waals surface area (Å²) in [6.07, 6.45) is -2.41. The number of halogens is 4. The number of alkyl halides is 3. The smallest absolute Gasteiger partial charge is 0.491 e. The fourth-order valence-electron chi connectivity index (χ4n) is 3.62. The number of benzene rings is 1. The molecule has 33 heavy (non-hydrogen) atoms. The molecule has 0 aliphatic carbocycles. The Morgan fingerprint density at radius 2 is 2.03 bits per heavy atom. The molecule has 0 saturated carbocycles. The number of amides is 1. The number of carboxylic acid groups (broad SMARTS) is 1. The van der Waals surface area contributed by atoms with E-state index in [1.165, 1.54) is 18.5 Å². The predicted molar refractivity (Wildman–Crippen MR) is 103 cm³/mol. The van der Waals surface area contributed by atoms with Gasteiger partial charge in [-0.1, -0.05) is 6.07 Å². The minimum absolute atomic E-state index is 0.0201. The standard InChI is InChI=1S/C21H15F4N3O5/c22-13-9-12(3-4-15(13)33-21(23,24)25)20(5-7-32-16-2-1-6-26-17(16)20)28-18(29)11-8-14(19(30)31)27-10-11/h1-4,6,8-10,27H,5,7H2,(H,28,29)(H,30,31). The van der Waals surface area contributed by atoms with E-state index in [0.29, 0.717) is 5.75 Å². The molecule has 3 N–H and O–H groups in total. The molecule has 1 aromatic carbocycles. The molecule has 4 rings (SSSR count). The van der Waals surface area contributed by atoms with Crippen molar-refractivity contribution in [3.05, 3.63) is 77.1 Å². The van der Waals surface area contributed by atoms with E-state index in [1.807, 2.05) is 0 Å². The van der Waals surface area contributed by atoms with Crippen LogP contribution >= 0.6 is 0 Å². The van der Waals surface area contributed by atoms with Gasteiger partial charge in [-0.3, -0.25) is 9.78 Å². The molecular weight excluding hydrogens is 450 g/mol. The number of nitrogens with zero attached hydrogens (tertiary/aromatic N) is 1. The van der Waals surface area contributed by atoms with Crippen molar-refractivity contribution in [2.24, 2.45) is 0 Å². The summed E-state index contributed by atoms with van der Waals surface area (Å²) in [4.78, 5) is 30.9. The Morgan fingerprint density at radius 1 is 1.24 bits per heavy atom. The molecule has 0 saturated heterocycles. The summed E-state index contributed by atoms with van der Waals surface area (Å²) in [6.45, 7) is 0.0783. The second kappa shape index (κ2) is 8.11. The number of pyridine rings is 1. The maximum atomic E-state index is 14.6. The average Bonchev–Trinajstić information content (AvgIpc) is 3.25. The minimum atomic E-state index is -5.09. The van der Waals surface area contributed by atoms with Crippen molar-refractivity contribution in [3.8, 4) is 11.5 Å². The molecule has 2 aromatic heterocycles. The number of rotatable bonds is 5. The van der Waals surface area contributed by atoms with Gasteiger partial charge in [-0.15, -0.1) is 13.2 Å². The quantitative estimate of drug-likeness (QED) is 0.497. The lowest BCUT2D eigenvalue weighted by molar-refractivity contribution is -0.275. The molecule has 1 unspecified atom stereocenters. The van der Waals surface area contributed by atoms with Gasteiger partial charge in [0.15, 0.2) is 11.6 Å². The highest BCUT2D eigenvalue weighted by Gasteiger charge is 2.43. The first kappa shape index (κ1) is 22.1. The van der Waals surface area contributed by atoms with Gasteiger partial charge in [-0.2, -0.15) is 0 Å². The largest absolute Gasteiger partial charge is 0.573 e. The van der Waals surface area contributed by atoms with E-state index in [0.717, 1.165) is 18.2 Å². The van der Waals surface area contributed by atoms with Gasteiger partial charge in [0.1, 0.15) is 22.7 Å². The summed E-state index contributed by atoms with van der Waals surface area (Å²) in [5.74, 6) is -4.02. The third kappa shape index (κ3) is 4.31. The van der Waals surface area contributed by atoms with Crippen molar-refractivity contribution >= 4 is 11.9 Å². The molecule has 0 spiro atoms. The zero-order valence-electron chi connectivity index (χ0n) is 16.6. The molecule has 172 valence electrons. The lowest BCUT2D eigenvalue weighted by Crippen LogP contribution is -2.50. The molecule has 1 aliphatic heterocycles. The fraction of sp³-hybridized carbons (Fsp3) is 0.190. The normalized spacial score (nSPS) is 17.6. The van der Waals surface area contributed by atoms with Gasteiger partial charge in [-0.05, 0) is 35.9 Å². The Morgan fingerprint density at radius 3 is 2.70 bits per heavy atom. The molecule has 8 nitrogen and oxygen atoms in total. The molecule has 0 fully saturated rings. The van der Waals surface area contributed by atoms with E-state index >= 15 is 0 Å². The monoisotopic (exact) mass is 465 g/mol. The van der Waals surface area contributed by atoms with Crippen LogP contribution in [0.15, 0.2) is 48.8 Å². The van der Waals surface area contributed by atoms with Gasteiger partial charge in [0, 0.05) is 18.8 Å². The summed E-state index contributed by atoms with van der Waals surface area (Å²) in [6, 6.07) is 7.11. The zero-order valence-corrected chi connectivity index (χ0v) is 16.6. The van der Waals surface area contributed by atoms with Crippen LogP contribution in [0.4, 0.5) is 17.6 Å². The first-order valence-corrected chi connectivity index (χ1v) is 9.47. The summed E-state index contributed by atoms with van der Waals surface area (Å²) in [5.41, 5.74) is -1.42. The molecule has 12 heteroatoms. The number of nitrogens with one attached hydrogen (secondary N) is 2. The van der Waals surface area contributed by atoms with E-state index in [4.69, 9.17) is 9.84 Å². The van der Waals surface area contributed by atoms with Crippen LogP contribution in [0.3, 0.4) is 0 Å². The molecule has 0 bridgehead atoms. The van der Waals surface area contributed by atoms with Crippen LogP contribution in [-0.4, -0.2) is 39.9 Å². The molecule has 0 radical (unpaired) electrons. The summed E-state index contributed by atoms with van der Waals surface area (Å²) in [5, 5.41) is 11.8. The Bertz CT molecular complexity index is 1230. The van der Waals surface area contributed by atoms with Crippen LogP contribution in [-0.2, 0) is 5.54 Å². The van der Waals surface area contributed by atoms with Crippen molar-refractivity contribution in [3.63, 3.8) is 0 Å².